The van der Waals surface area contributed by atoms with Crippen molar-refractivity contribution in [2.45, 2.75) is 57.0 Å². The fraction of sp³-hybridized carbons (Fsp3) is 0.464. The van der Waals surface area contributed by atoms with E-state index in [1.165, 1.54) is 0 Å². The molecule has 1 fully saturated rings. The highest BCUT2D eigenvalue weighted by Crippen LogP contribution is 2.45. The van der Waals surface area contributed by atoms with Gasteiger partial charge in [-0.25, -0.2) is 0 Å². The predicted octanol–water partition coefficient (Wildman–Crippen LogP) is 4.96. The van der Waals surface area contributed by atoms with Crippen LogP contribution in [0.25, 0.3) is 10.9 Å². The summed E-state index contributed by atoms with van der Waals surface area (Å²) in [6.07, 6.45) is 8.13. The van der Waals surface area contributed by atoms with Crippen LogP contribution < -0.4 is 10.1 Å². The van der Waals surface area contributed by atoms with E-state index < -0.39 is 5.60 Å². The summed E-state index contributed by atoms with van der Waals surface area (Å²) in [4.78, 5) is 24.0. The van der Waals surface area contributed by atoms with Gasteiger partial charge in [0, 0.05) is 41.2 Å². The molecule has 2 aromatic heterocycles. The average molecular weight is 509 g/mol. The van der Waals surface area contributed by atoms with Gasteiger partial charge >= 0.3 is 0 Å². The molecule has 2 aliphatic rings. The van der Waals surface area contributed by atoms with Crippen LogP contribution in [0.4, 0.5) is 5.69 Å². The van der Waals surface area contributed by atoms with E-state index in [-0.39, 0.29) is 11.8 Å². The summed E-state index contributed by atoms with van der Waals surface area (Å²) in [6, 6.07) is 9.64. The van der Waals surface area contributed by atoms with Crippen molar-refractivity contribution in [3.63, 3.8) is 0 Å². The van der Waals surface area contributed by atoms with Crippen LogP contribution in [0.2, 0.25) is 5.02 Å². The van der Waals surface area contributed by atoms with E-state index in [2.05, 4.69) is 20.2 Å². The second-order valence-corrected chi connectivity index (χ2v) is 10.7. The number of anilines is 1. The number of nitrogens with zero attached hydrogens (tertiary/aromatic N) is 3. The van der Waals surface area contributed by atoms with E-state index in [9.17, 15) is 9.90 Å². The zero-order valence-corrected chi connectivity index (χ0v) is 21.4. The van der Waals surface area contributed by atoms with E-state index in [1.54, 1.807) is 6.20 Å². The van der Waals surface area contributed by atoms with Gasteiger partial charge < -0.3 is 15.2 Å². The Labute approximate surface area is 216 Å². The summed E-state index contributed by atoms with van der Waals surface area (Å²) < 4.78 is 6.08. The van der Waals surface area contributed by atoms with Crippen LogP contribution in [-0.4, -0.2) is 57.7 Å². The molecule has 190 valence electrons. The number of hydrogen-bond acceptors (Lipinski definition) is 6. The minimum atomic E-state index is -0.596. The number of ether oxygens (including phenoxy) is 1. The van der Waals surface area contributed by atoms with Crippen LogP contribution >= 0.6 is 11.6 Å². The van der Waals surface area contributed by atoms with Crippen LogP contribution in [0.15, 0.2) is 42.7 Å². The highest BCUT2D eigenvalue weighted by molar-refractivity contribution is 6.30. The second-order valence-electron chi connectivity index (χ2n) is 10.3. The number of carbonyl (C=O) groups excluding carboxylic acids is 1. The first-order chi connectivity index (χ1) is 17.4. The first-order valence-corrected chi connectivity index (χ1v) is 13.1. The molecule has 0 radical (unpaired) electrons. The molecule has 8 heteroatoms. The Morgan fingerprint density at radius 3 is 2.78 bits per heavy atom. The van der Waals surface area contributed by atoms with Crippen LogP contribution in [0.3, 0.4) is 0 Å². The topological polar surface area (TPSA) is 87.6 Å². The normalized spacial score (nSPS) is 23.3. The molecule has 1 amide bonds. The number of aromatic nitrogens is 2. The smallest absolute Gasteiger partial charge is 0.224 e. The molecule has 36 heavy (non-hydrogen) atoms. The lowest BCUT2D eigenvalue weighted by atomic mass is 9.70. The lowest BCUT2D eigenvalue weighted by molar-refractivity contribution is -0.116. The number of nitrogens with one attached hydrogen (secondary N) is 1. The standard InChI is InChI=1S/C28H33ClN4O3/c1-28(35)16-21(17-28)27-26-20(8-9-30-27)15-23(18-31-26)36-13-12-33-10-2-4-19-14-22(29)6-7-24(19)32-25(34)5-3-11-33/h6-9,14-15,18,21,35H,2-5,10-13,16-17H2,1H3,(H,32,34). The number of fused-ring (bicyclic) bond motifs is 2. The van der Waals surface area contributed by atoms with Crippen molar-refractivity contribution in [1.29, 1.82) is 0 Å². The van der Waals surface area contributed by atoms with Gasteiger partial charge in [0.15, 0.2) is 0 Å². The van der Waals surface area contributed by atoms with Crippen molar-refractivity contribution in [2.75, 3.05) is 31.6 Å². The summed E-state index contributed by atoms with van der Waals surface area (Å²) in [5.41, 5.74) is 3.19. The number of halogens is 1. The molecule has 0 bridgehead atoms. The Kier molecular flexibility index (Phi) is 7.42. The molecule has 7 nitrogen and oxygen atoms in total. The van der Waals surface area contributed by atoms with E-state index in [1.807, 2.05) is 43.5 Å². The maximum Gasteiger partial charge on any atom is 0.224 e. The van der Waals surface area contributed by atoms with Gasteiger partial charge in [0.2, 0.25) is 5.91 Å². The second kappa shape index (κ2) is 10.7. The lowest BCUT2D eigenvalue weighted by Crippen LogP contribution is -2.39. The lowest BCUT2D eigenvalue weighted by Gasteiger charge is -2.40. The highest BCUT2D eigenvalue weighted by Gasteiger charge is 2.40. The summed E-state index contributed by atoms with van der Waals surface area (Å²) in [5.74, 6) is 1.02. The Hall–Kier alpha value is -2.74. The van der Waals surface area contributed by atoms with Gasteiger partial charge in [0.25, 0.3) is 0 Å². The Balaban J connectivity index is 1.18. The van der Waals surface area contributed by atoms with E-state index in [4.69, 9.17) is 16.3 Å². The van der Waals surface area contributed by atoms with Crippen molar-refractivity contribution < 1.29 is 14.6 Å². The van der Waals surface area contributed by atoms with Crippen molar-refractivity contribution in [1.82, 2.24) is 14.9 Å². The van der Waals surface area contributed by atoms with Crippen molar-refractivity contribution in [2.24, 2.45) is 0 Å². The number of amides is 1. The van der Waals surface area contributed by atoms with Gasteiger partial charge in [-0.05, 0) is 88.0 Å². The molecule has 3 aromatic rings. The largest absolute Gasteiger partial charge is 0.491 e. The maximum absolute atomic E-state index is 12.4. The van der Waals surface area contributed by atoms with E-state index in [0.717, 1.165) is 85.3 Å². The average Bonchev–Trinajstić information content (AvgIpc) is 2.86. The molecular weight excluding hydrogens is 476 g/mol. The number of carbonyl (C=O) groups is 1. The summed E-state index contributed by atoms with van der Waals surface area (Å²) >= 11 is 6.19. The van der Waals surface area contributed by atoms with Crippen LogP contribution in [0.5, 0.6) is 5.75 Å². The van der Waals surface area contributed by atoms with Gasteiger partial charge in [0.1, 0.15) is 12.4 Å². The zero-order valence-electron chi connectivity index (χ0n) is 20.7. The first kappa shape index (κ1) is 24.9. The van der Waals surface area contributed by atoms with E-state index >= 15 is 0 Å². The predicted molar refractivity (Wildman–Crippen MR) is 142 cm³/mol. The molecule has 0 saturated heterocycles. The minimum Gasteiger partial charge on any atom is -0.491 e. The van der Waals surface area contributed by atoms with Gasteiger partial charge in [0.05, 0.1) is 23.0 Å². The molecule has 1 aliphatic carbocycles. The van der Waals surface area contributed by atoms with Gasteiger partial charge in [-0.1, -0.05) is 11.6 Å². The minimum absolute atomic E-state index is 0.0401. The Bertz CT molecular complexity index is 1240. The third-order valence-corrected chi connectivity index (χ3v) is 7.41. The fourth-order valence-corrected chi connectivity index (χ4v) is 5.52. The molecule has 0 unspecified atom stereocenters. The molecule has 2 N–H and O–H groups in total. The number of aryl methyl sites for hydroxylation is 1. The third kappa shape index (κ3) is 5.97. The number of pyridine rings is 2. The van der Waals surface area contributed by atoms with Gasteiger partial charge in [-0.15, -0.1) is 0 Å². The fourth-order valence-electron chi connectivity index (χ4n) is 5.32. The molecular formula is C28H33ClN4O3. The maximum atomic E-state index is 12.4. The van der Waals surface area contributed by atoms with Crippen molar-refractivity contribution in [3.8, 4) is 5.75 Å². The molecule has 0 atom stereocenters. The number of aliphatic hydroxyl groups is 1. The molecule has 0 spiro atoms. The van der Waals surface area contributed by atoms with Crippen molar-refractivity contribution >= 4 is 34.1 Å². The summed E-state index contributed by atoms with van der Waals surface area (Å²) in [7, 11) is 0. The Morgan fingerprint density at radius 1 is 1.17 bits per heavy atom. The van der Waals surface area contributed by atoms with Gasteiger partial charge in [-0.3, -0.25) is 19.7 Å². The summed E-state index contributed by atoms with van der Waals surface area (Å²) in [5, 5.41) is 14.8. The van der Waals surface area contributed by atoms with Crippen LogP contribution in [0, 0.1) is 0 Å². The molecule has 1 aliphatic heterocycles. The first-order valence-electron chi connectivity index (χ1n) is 12.8. The molecule has 3 heterocycles. The zero-order chi connectivity index (χ0) is 25.1. The summed E-state index contributed by atoms with van der Waals surface area (Å²) in [6.45, 7) is 4.98. The Morgan fingerprint density at radius 2 is 1.97 bits per heavy atom. The van der Waals surface area contributed by atoms with Crippen molar-refractivity contribution in [3.05, 3.63) is 59.0 Å². The monoisotopic (exact) mass is 508 g/mol. The number of rotatable bonds is 5. The third-order valence-electron chi connectivity index (χ3n) is 7.18. The quantitative estimate of drug-likeness (QED) is 0.506. The number of benzene rings is 1. The molecule has 5 rings (SSSR count). The molecule has 1 saturated carbocycles. The SMILES string of the molecule is CC1(O)CC(c2nccc3cc(OCCN4CCCC(=O)Nc5ccc(Cl)cc5CCC4)cnc23)C1. The molecule has 1 aromatic carbocycles. The van der Waals surface area contributed by atoms with Crippen LogP contribution in [-0.2, 0) is 11.2 Å². The van der Waals surface area contributed by atoms with E-state index in [0.29, 0.717) is 18.1 Å². The highest BCUT2D eigenvalue weighted by atomic mass is 35.5. The number of hydrogen-bond donors (Lipinski definition) is 2. The van der Waals surface area contributed by atoms with Gasteiger partial charge in [-0.2, -0.15) is 0 Å². The van der Waals surface area contributed by atoms with Crippen LogP contribution in [0.1, 0.15) is 56.2 Å².